The maximum atomic E-state index is 13.3. The molecule has 4 N–H and O–H groups in total. The molecule has 1 aliphatic heterocycles. The van der Waals surface area contributed by atoms with E-state index >= 15 is 0 Å². The van der Waals surface area contributed by atoms with Crippen LogP contribution in [0.5, 0.6) is 0 Å². The minimum atomic E-state index is -4.59. The first-order valence-corrected chi connectivity index (χ1v) is 5.65. The molecule has 0 aromatic heterocycles. The Morgan fingerprint density at radius 2 is 1.95 bits per heavy atom. The van der Waals surface area contributed by atoms with Gasteiger partial charge >= 0.3 is 6.18 Å². The summed E-state index contributed by atoms with van der Waals surface area (Å²) in [7, 11) is 1.46. The summed E-state index contributed by atoms with van der Waals surface area (Å²) in [5.74, 6) is -0.457. The highest BCUT2D eigenvalue weighted by molar-refractivity contribution is 6.00. The third-order valence-electron chi connectivity index (χ3n) is 2.71. The van der Waals surface area contributed by atoms with Crippen molar-refractivity contribution in [2.24, 2.45) is 10.7 Å². The van der Waals surface area contributed by atoms with Crippen LogP contribution in [0.3, 0.4) is 0 Å². The molecule has 1 aromatic carbocycles. The van der Waals surface area contributed by atoms with E-state index in [1.54, 1.807) is 0 Å². The number of aliphatic imine (C=N–C) groups is 1. The summed E-state index contributed by atoms with van der Waals surface area (Å²) in [6.45, 7) is 0. The molecular formula is C12H12F4N4. The Bertz CT molecular complexity index is 577. The van der Waals surface area contributed by atoms with Crippen LogP contribution in [0, 0.1) is 5.82 Å². The summed E-state index contributed by atoms with van der Waals surface area (Å²) in [6, 6.07) is 2.28. The highest BCUT2D eigenvalue weighted by Gasteiger charge is 2.35. The normalized spacial score (nSPS) is 21.2. The van der Waals surface area contributed by atoms with E-state index in [0.29, 0.717) is 11.9 Å². The largest absolute Gasteiger partial charge is 0.417 e. The summed E-state index contributed by atoms with van der Waals surface area (Å²) >= 11 is 0. The van der Waals surface area contributed by atoms with E-state index in [1.807, 2.05) is 0 Å². The number of amidine groups is 1. The van der Waals surface area contributed by atoms with Crippen molar-refractivity contribution in [1.29, 1.82) is 0 Å². The van der Waals surface area contributed by atoms with Crippen molar-refractivity contribution >= 4 is 11.5 Å². The van der Waals surface area contributed by atoms with Gasteiger partial charge in [-0.1, -0.05) is 0 Å². The lowest BCUT2D eigenvalue weighted by Gasteiger charge is -2.26. The van der Waals surface area contributed by atoms with Gasteiger partial charge in [-0.05, 0) is 18.2 Å². The molecule has 0 aliphatic carbocycles. The van der Waals surface area contributed by atoms with Gasteiger partial charge < -0.3 is 10.6 Å². The number of hydrogen-bond donors (Lipinski definition) is 3. The number of nitrogens with one attached hydrogen (secondary N) is 2. The van der Waals surface area contributed by atoms with E-state index in [0.717, 1.165) is 12.1 Å². The van der Waals surface area contributed by atoms with Gasteiger partial charge in [-0.25, -0.2) is 4.39 Å². The Balaban J connectivity index is 2.57. The van der Waals surface area contributed by atoms with Crippen LogP contribution in [0.4, 0.5) is 17.6 Å². The third kappa shape index (κ3) is 2.90. The Morgan fingerprint density at radius 1 is 1.25 bits per heavy atom. The van der Waals surface area contributed by atoms with Crippen molar-refractivity contribution in [3.05, 3.63) is 41.2 Å². The van der Waals surface area contributed by atoms with E-state index in [-0.39, 0.29) is 11.3 Å². The Morgan fingerprint density at radius 3 is 2.55 bits per heavy atom. The standard InChI is InChI=1S/C12H12F4N4/c1-18-10-5-9(19-11(17)20-10)7-4-6(13)2-3-8(7)12(14,15)16/h2-5,11,19H,17H2,1H3,(H,18,20). The van der Waals surface area contributed by atoms with Gasteiger partial charge in [0, 0.05) is 24.4 Å². The molecule has 108 valence electrons. The first kappa shape index (κ1) is 14.3. The minimum absolute atomic E-state index is 0.0590. The lowest BCUT2D eigenvalue weighted by molar-refractivity contribution is -0.137. The molecule has 1 unspecified atom stereocenters. The number of halogens is 4. The van der Waals surface area contributed by atoms with Crippen LogP contribution in [0.1, 0.15) is 11.1 Å². The lowest BCUT2D eigenvalue weighted by Crippen LogP contribution is -2.53. The second-order valence-electron chi connectivity index (χ2n) is 4.12. The number of alkyl halides is 3. The van der Waals surface area contributed by atoms with Gasteiger partial charge in [-0.2, -0.15) is 13.2 Å². The summed E-state index contributed by atoms with van der Waals surface area (Å²) < 4.78 is 52.1. The summed E-state index contributed by atoms with van der Waals surface area (Å²) in [5.41, 5.74) is 4.41. The zero-order valence-electron chi connectivity index (χ0n) is 10.4. The highest BCUT2D eigenvalue weighted by Crippen LogP contribution is 2.35. The highest BCUT2D eigenvalue weighted by atomic mass is 19.4. The van der Waals surface area contributed by atoms with E-state index in [9.17, 15) is 17.6 Å². The molecule has 1 aliphatic rings. The third-order valence-corrected chi connectivity index (χ3v) is 2.71. The van der Waals surface area contributed by atoms with Crippen LogP contribution in [0.2, 0.25) is 0 Å². The van der Waals surface area contributed by atoms with Gasteiger partial charge in [0.25, 0.3) is 0 Å². The van der Waals surface area contributed by atoms with Crippen LogP contribution in [-0.2, 0) is 6.18 Å². The number of rotatable bonds is 1. The molecule has 4 nitrogen and oxygen atoms in total. The molecule has 0 spiro atoms. The first-order valence-electron chi connectivity index (χ1n) is 5.65. The first-order chi connectivity index (χ1) is 9.31. The topological polar surface area (TPSA) is 62.4 Å². The molecule has 0 saturated carbocycles. The average Bonchev–Trinajstić information content (AvgIpc) is 2.36. The molecule has 0 amide bonds. The molecule has 1 heterocycles. The van der Waals surface area contributed by atoms with Crippen LogP contribution >= 0.6 is 0 Å². The van der Waals surface area contributed by atoms with Gasteiger partial charge in [0.1, 0.15) is 11.7 Å². The zero-order chi connectivity index (χ0) is 14.9. The van der Waals surface area contributed by atoms with Crippen LogP contribution < -0.4 is 16.4 Å². The smallest absolute Gasteiger partial charge is 0.353 e. The van der Waals surface area contributed by atoms with E-state index < -0.39 is 23.8 Å². The van der Waals surface area contributed by atoms with Gasteiger partial charge in [0.15, 0.2) is 6.29 Å². The summed E-state index contributed by atoms with van der Waals surface area (Å²) in [4.78, 5) is 3.82. The van der Waals surface area contributed by atoms with Crippen molar-refractivity contribution in [3.63, 3.8) is 0 Å². The number of nitrogens with two attached hydrogens (primary N) is 1. The molecule has 0 radical (unpaired) electrons. The Hall–Kier alpha value is -2.09. The second-order valence-corrected chi connectivity index (χ2v) is 4.12. The number of benzene rings is 1. The summed E-state index contributed by atoms with van der Waals surface area (Å²) in [6.07, 6.45) is -4.06. The van der Waals surface area contributed by atoms with Crippen molar-refractivity contribution in [1.82, 2.24) is 10.6 Å². The number of nitrogens with zero attached hydrogens (tertiary/aromatic N) is 1. The predicted molar refractivity (Wildman–Crippen MR) is 67.0 cm³/mol. The molecule has 1 atom stereocenters. The molecule has 0 bridgehead atoms. The fraction of sp³-hybridized carbons (Fsp3) is 0.250. The van der Waals surface area contributed by atoms with Crippen LogP contribution in [0.25, 0.3) is 5.70 Å². The molecule has 1 aromatic rings. The van der Waals surface area contributed by atoms with Crippen molar-refractivity contribution in [2.75, 3.05) is 7.05 Å². The monoisotopic (exact) mass is 288 g/mol. The minimum Gasteiger partial charge on any atom is -0.353 e. The molecule has 0 saturated heterocycles. The molecule has 8 heteroatoms. The molecule has 20 heavy (non-hydrogen) atoms. The zero-order valence-corrected chi connectivity index (χ0v) is 10.4. The molecule has 2 rings (SSSR count). The van der Waals surface area contributed by atoms with E-state index in [2.05, 4.69) is 15.6 Å². The van der Waals surface area contributed by atoms with E-state index in [1.165, 1.54) is 13.1 Å². The van der Waals surface area contributed by atoms with Gasteiger partial charge in [0.05, 0.1) is 5.56 Å². The fourth-order valence-electron chi connectivity index (χ4n) is 1.85. The molecular weight excluding hydrogens is 276 g/mol. The SMILES string of the molecule is CN=C1C=C(c2cc(F)ccc2C(F)(F)F)NC(N)N1. The Kier molecular flexibility index (Phi) is 3.67. The fourth-order valence-corrected chi connectivity index (χ4v) is 1.85. The Labute approximate surface area is 112 Å². The van der Waals surface area contributed by atoms with Crippen molar-refractivity contribution in [3.8, 4) is 0 Å². The van der Waals surface area contributed by atoms with Crippen LogP contribution in [0.15, 0.2) is 29.3 Å². The van der Waals surface area contributed by atoms with Crippen molar-refractivity contribution < 1.29 is 17.6 Å². The number of hydrogen-bond acceptors (Lipinski definition) is 3. The maximum absolute atomic E-state index is 13.3. The predicted octanol–water partition coefficient (Wildman–Crippen LogP) is 1.65. The second kappa shape index (κ2) is 5.12. The van der Waals surface area contributed by atoms with Gasteiger partial charge in [-0.15, -0.1) is 0 Å². The van der Waals surface area contributed by atoms with Gasteiger partial charge in [0.2, 0.25) is 0 Å². The average molecular weight is 288 g/mol. The van der Waals surface area contributed by atoms with Crippen LogP contribution in [-0.4, -0.2) is 19.2 Å². The van der Waals surface area contributed by atoms with E-state index in [4.69, 9.17) is 5.73 Å². The maximum Gasteiger partial charge on any atom is 0.417 e. The van der Waals surface area contributed by atoms with Crippen molar-refractivity contribution in [2.45, 2.75) is 12.5 Å². The lowest BCUT2D eigenvalue weighted by atomic mass is 10.0. The quantitative estimate of drug-likeness (QED) is 0.689. The summed E-state index contributed by atoms with van der Waals surface area (Å²) in [5, 5.41) is 5.32. The van der Waals surface area contributed by atoms with Gasteiger partial charge in [-0.3, -0.25) is 10.7 Å². The molecule has 0 fully saturated rings.